The lowest BCUT2D eigenvalue weighted by molar-refractivity contribution is 0.375. The smallest absolute Gasteiger partial charge is 0.0406 e. The van der Waals surface area contributed by atoms with Crippen LogP contribution in [0.25, 0.3) is 0 Å². The average Bonchev–Trinajstić information content (AvgIpc) is 2.42. The molecule has 0 aliphatic heterocycles. The van der Waals surface area contributed by atoms with Crippen molar-refractivity contribution >= 4 is 23.4 Å². The van der Waals surface area contributed by atoms with E-state index in [-0.39, 0.29) is 0 Å². The Balaban J connectivity index is 1.54. The van der Waals surface area contributed by atoms with Crippen molar-refractivity contribution in [1.82, 2.24) is 5.32 Å². The Morgan fingerprint density at radius 3 is 2.56 bits per heavy atom. The minimum absolute atomic E-state index is 0.791. The van der Waals surface area contributed by atoms with E-state index in [0.717, 1.165) is 17.6 Å². The van der Waals surface area contributed by atoms with Crippen LogP contribution in [0.15, 0.2) is 29.2 Å². The molecular formula is C15H22ClNS. The van der Waals surface area contributed by atoms with Crippen LogP contribution in [-0.2, 0) is 0 Å². The topological polar surface area (TPSA) is 12.0 Å². The molecule has 1 aliphatic rings. The summed E-state index contributed by atoms with van der Waals surface area (Å²) in [7, 11) is 0. The first-order chi connectivity index (χ1) is 8.84. The van der Waals surface area contributed by atoms with Crippen molar-refractivity contribution in [2.45, 2.75) is 49.5 Å². The molecule has 2 rings (SSSR count). The molecule has 1 aromatic carbocycles. The molecule has 1 fully saturated rings. The van der Waals surface area contributed by atoms with Gasteiger partial charge in [-0.15, -0.1) is 11.8 Å². The molecule has 100 valence electrons. The molecule has 1 N–H and O–H groups in total. The van der Waals surface area contributed by atoms with Crippen molar-refractivity contribution in [2.75, 3.05) is 12.3 Å². The Hall–Kier alpha value is -0.180. The van der Waals surface area contributed by atoms with E-state index in [1.54, 1.807) is 0 Å². The van der Waals surface area contributed by atoms with Crippen molar-refractivity contribution < 1.29 is 0 Å². The normalized spacial score (nSPS) is 16.9. The van der Waals surface area contributed by atoms with Crippen LogP contribution in [0.1, 0.15) is 38.5 Å². The highest BCUT2D eigenvalue weighted by molar-refractivity contribution is 7.99. The summed E-state index contributed by atoms with van der Waals surface area (Å²) < 4.78 is 0. The van der Waals surface area contributed by atoms with Crippen LogP contribution in [0.4, 0.5) is 0 Å². The molecule has 1 nitrogen and oxygen atoms in total. The molecule has 1 aromatic rings. The third-order valence-corrected chi connectivity index (χ3v) is 4.79. The van der Waals surface area contributed by atoms with E-state index in [1.165, 1.54) is 49.2 Å². The van der Waals surface area contributed by atoms with Gasteiger partial charge in [-0.1, -0.05) is 30.9 Å². The van der Waals surface area contributed by atoms with E-state index in [1.807, 2.05) is 23.9 Å². The minimum Gasteiger partial charge on any atom is -0.314 e. The zero-order valence-electron chi connectivity index (χ0n) is 10.8. The number of benzene rings is 1. The van der Waals surface area contributed by atoms with Crippen molar-refractivity contribution in [2.24, 2.45) is 0 Å². The molecule has 3 heteroatoms. The summed E-state index contributed by atoms with van der Waals surface area (Å²) in [5.74, 6) is 1.18. The molecule has 0 amide bonds. The number of rotatable bonds is 6. The van der Waals surface area contributed by atoms with E-state index >= 15 is 0 Å². The largest absolute Gasteiger partial charge is 0.314 e. The van der Waals surface area contributed by atoms with Gasteiger partial charge in [0.1, 0.15) is 0 Å². The maximum atomic E-state index is 5.86. The molecule has 0 aromatic heterocycles. The van der Waals surface area contributed by atoms with Gasteiger partial charge in [-0.3, -0.25) is 0 Å². The summed E-state index contributed by atoms with van der Waals surface area (Å²) in [4.78, 5) is 1.32. The van der Waals surface area contributed by atoms with E-state index in [4.69, 9.17) is 11.6 Å². The van der Waals surface area contributed by atoms with Gasteiger partial charge in [0.15, 0.2) is 0 Å². The molecule has 0 heterocycles. The molecule has 1 aliphatic carbocycles. The summed E-state index contributed by atoms with van der Waals surface area (Å²) in [6.07, 6.45) is 8.26. The summed E-state index contributed by atoms with van der Waals surface area (Å²) in [6, 6.07) is 8.91. The van der Waals surface area contributed by atoms with Crippen molar-refractivity contribution in [3.8, 4) is 0 Å². The fourth-order valence-corrected chi connectivity index (χ4v) is 3.38. The second-order valence-electron chi connectivity index (χ2n) is 4.94. The number of hydrogen-bond acceptors (Lipinski definition) is 2. The molecule has 0 radical (unpaired) electrons. The van der Waals surface area contributed by atoms with Gasteiger partial charge in [-0.05, 0) is 55.8 Å². The van der Waals surface area contributed by atoms with Gasteiger partial charge in [0.2, 0.25) is 0 Å². The van der Waals surface area contributed by atoms with Crippen LogP contribution >= 0.6 is 23.4 Å². The quantitative estimate of drug-likeness (QED) is 0.597. The lowest BCUT2D eigenvalue weighted by Gasteiger charge is -2.22. The summed E-state index contributed by atoms with van der Waals surface area (Å²) in [5, 5.41) is 4.50. The standard InChI is InChI=1S/C15H22ClNS/c16-13-7-9-15(10-8-13)18-12-4-11-17-14-5-2-1-3-6-14/h7-10,14,17H,1-6,11-12H2. The fourth-order valence-electron chi connectivity index (χ4n) is 2.41. The molecule has 1 saturated carbocycles. The molecule has 0 spiro atoms. The summed E-state index contributed by atoms with van der Waals surface area (Å²) in [6.45, 7) is 1.16. The van der Waals surface area contributed by atoms with Gasteiger partial charge in [0, 0.05) is 16.0 Å². The summed E-state index contributed by atoms with van der Waals surface area (Å²) >= 11 is 7.78. The van der Waals surface area contributed by atoms with Crippen LogP contribution in [0.3, 0.4) is 0 Å². The van der Waals surface area contributed by atoms with Crippen molar-refractivity contribution in [3.05, 3.63) is 29.3 Å². The Labute approximate surface area is 120 Å². The first-order valence-electron chi connectivity index (χ1n) is 6.96. The molecular weight excluding hydrogens is 262 g/mol. The Morgan fingerprint density at radius 1 is 1.11 bits per heavy atom. The zero-order valence-corrected chi connectivity index (χ0v) is 12.4. The SMILES string of the molecule is Clc1ccc(SCCCNC2CCCCC2)cc1. The van der Waals surface area contributed by atoms with Crippen LogP contribution in [-0.4, -0.2) is 18.3 Å². The molecule has 0 bridgehead atoms. The second-order valence-corrected chi connectivity index (χ2v) is 6.55. The molecule has 0 atom stereocenters. The maximum absolute atomic E-state index is 5.86. The number of hydrogen-bond donors (Lipinski definition) is 1. The Morgan fingerprint density at radius 2 is 1.83 bits per heavy atom. The Kier molecular flexibility index (Phi) is 6.39. The van der Waals surface area contributed by atoms with Crippen LogP contribution in [0.5, 0.6) is 0 Å². The van der Waals surface area contributed by atoms with Crippen LogP contribution in [0.2, 0.25) is 5.02 Å². The average molecular weight is 284 g/mol. The molecule has 0 saturated heterocycles. The van der Waals surface area contributed by atoms with Gasteiger partial charge in [-0.2, -0.15) is 0 Å². The highest BCUT2D eigenvalue weighted by Crippen LogP contribution is 2.21. The van der Waals surface area contributed by atoms with Gasteiger partial charge in [0.05, 0.1) is 0 Å². The van der Waals surface area contributed by atoms with Crippen molar-refractivity contribution in [3.63, 3.8) is 0 Å². The zero-order chi connectivity index (χ0) is 12.6. The van der Waals surface area contributed by atoms with E-state index < -0.39 is 0 Å². The second kappa shape index (κ2) is 8.08. The van der Waals surface area contributed by atoms with Gasteiger partial charge in [-0.25, -0.2) is 0 Å². The van der Waals surface area contributed by atoms with Crippen molar-refractivity contribution in [1.29, 1.82) is 0 Å². The molecule has 18 heavy (non-hydrogen) atoms. The fraction of sp³-hybridized carbons (Fsp3) is 0.600. The molecule has 0 unspecified atom stereocenters. The lowest BCUT2D eigenvalue weighted by atomic mass is 9.95. The highest BCUT2D eigenvalue weighted by Gasteiger charge is 2.11. The predicted octanol–water partition coefficient (Wildman–Crippen LogP) is 4.74. The summed E-state index contributed by atoms with van der Waals surface area (Å²) in [5.41, 5.74) is 0. The van der Waals surface area contributed by atoms with Gasteiger partial charge in [0.25, 0.3) is 0 Å². The maximum Gasteiger partial charge on any atom is 0.0406 e. The van der Waals surface area contributed by atoms with E-state index in [2.05, 4.69) is 17.4 Å². The highest BCUT2D eigenvalue weighted by atomic mass is 35.5. The minimum atomic E-state index is 0.791. The predicted molar refractivity (Wildman–Crippen MR) is 81.7 cm³/mol. The van der Waals surface area contributed by atoms with Gasteiger partial charge >= 0.3 is 0 Å². The first kappa shape index (κ1) is 14.2. The van der Waals surface area contributed by atoms with Crippen LogP contribution in [0, 0.1) is 0 Å². The first-order valence-corrected chi connectivity index (χ1v) is 8.33. The number of thioether (sulfide) groups is 1. The van der Waals surface area contributed by atoms with Gasteiger partial charge < -0.3 is 5.32 Å². The monoisotopic (exact) mass is 283 g/mol. The van der Waals surface area contributed by atoms with Crippen LogP contribution < -0.4 is 5.32 Å². The van der Waals surface area contributed by atoms with E-state index in [0.29, 0.717) is 0 Å². The third-order valence-electron chi connectivity index (χ3n) is 3.44. The number of nitrogens with one attached hydrogen (secondary N) is 1. The lowest BCUT2D eigenvalue weighted by Crippen LogP contribution is -2.31. The number of halogens is 1. The Bertz CT molecular complexity index is 333. The third kappa shape index (κ3) is 5.21. The van der Waals surface area contributed by atoms with E-state index in [9.17, 15) is 0 Å².